The summed E-state index contributed by atoms with van der Waals surface area (Å²) in [6.07, 6.45) is 0. The van der Waals surface area contributed by atoms with Gasteiger partial charge in [0.15, 0.2) is 16.7 Å². The Morgan fingerprint density at radius 3 is 2.59 bits per heavy atom. The molecule has 152 valence electrons. The van der Waals surface area contributed by atoms with Gasteiger partial charge in [0.25, 0.3) is 0 Å². The Labute approximate surface area is 181 Å². The quantitative estimate of drug-likeness (QED) is 0.702. The number of nitrogens with zero attached hydrogens (tertiary/aromatic N) is 2. The van der Waals surface area contributed by atoms with Crippen LogP contribution in [0.15, 0.2) is 52.0 Å². The number of amides is 2. The summed E-state index contributed by atoms with van der Waals surface area (Å²) in [7, 11) is 1.56. The third-order valence-corrected chi connectivity index (χ3v) is 5.70. The molecule has 1 aliphatic rings. The molecule has 9 heteroatoms. The van der Waals surface area contributed by atoms with Gasteiger partial charge in [0.2, 0.25) is 11.8 Å². The smallest absolute Gasteiger partial charge is 0.241 e. The van der Waals surface area contributed by atoms with Gasteiger partial charge >= 0.3 is 0 Å². The molecule has 0 radical (unpaired) electrons. The van der Waals surface area contributed by atoms with Gasteiger partial charge in [0.05, 0.1) is 11.6 Å². The van der Waals surface area contributed by atoms with Crippen LogP contribution < -0.4 is 14.8 Å². The maximum absolute atomic E-state index is 12.1. The number of carbonyl (C=O) groups excluding carboxylic acids is 2. The number of carbonyl (C=O) groups is 2. The van der Waals surface area contributed by atoms with Crippen LogP contribution in [0.4, 0.5) is 0 Å². The minimum absolute atomic E-state index is 0.234. The number of amidine groups is 1. The second-order valence-electron chi connectivity index (χ2n) is 6.23. The zero-order valence-electron chi connectivity index (χ0n) is 16.1. The van der Waals surface area contributed by atoms with E-state index in [1.165, 1.54) is 30.6 Å². The number of hydrogen-bond donors (Lipinski definition) is 1. The Morgan fingerprint density at radius 2 is 1.97 bits per heavy atom. The lowest BCUT2D eigenvalue weighted by atomic mass is 10.2. The fraction of sp³-hybridized carbons (Fsp3) is 0.250. The lowest BCUT2D eigenvalue weighted by molar-refractivity contribution is -0.129. The van der Waals surface area contributed by atoms with Crippen molar-refractivity contribution in [2.24, 2.45) is 5.10 Å². The van der Waals surface area contributed by atoms with Crippen LogP contribution in [0.2, 0.25) is 0 Å². The summed E-state index contributed by atoms with van der Waals surface area (Å²) in [6.45, 7) is 3.22. The highest BCUT2D eigenvalue weighted by Crippen LogP contribution is 2.44. The topological polar surface area (TPSA) is 80.2 Å². The second-order valence-corrected chi connectivity index (χ2v) is 8.15. The average Bonchev–Trinajstić information content (AvgIpc) is 3.10. The molecule has 2 aromatic carbocycles. The summed E-state index contributed by atoms with van der Waals surface area (Å²) in [5.74, 6) is 0.619. The van der Waals surface area contributed by atoms with E-state index in [1.807, 2.05) is 42.5 Å². The predicted molar refractivity (Wildman–Crippen MR) is 116 cm³/mol. The minimum atomic E-state index is -0.428. The Hall–Kier alpha value is -2.52. The van der Waals surface area contributed by atoms with Gasteiger partial charge in [-0.3, -0.25) is 9.59 Å². The molecule has 2 aromatic rings. The summed E-state index contributed by atoms with van der Waals surface area (Å²) in [4.78, 5) is 23.4. The van der Waals surface area contributed by atoms with E-state index in [-0.39, 0.29) is 11.8 Å². The largest absolute Gasteiger partial charge is 0.493 e. The van der Waals surface area contributed by atoms with Crippen LogP contribution in [0.1, 0.15) is 30.3 Å². The van der Waals surface area contributed by atoms with Crippen molar-refractivity contribution in [2.45, 2.75) is 25.8 Å². The van der Waals surface area contributed by atoms with Crippen molar-refractivity contribution in [3.05, 3.63) is 58.1 Å². The lowest BCUT2D eigenvalue weighted by Crippen LogP contribution is -2.25. The SMILES string of the molecule is COc1cc(C2SC(NC(C)=O)=NN2C(C)=O)cc(Br)c1OCc1ccccc1. The van der Waals surface area contributed by atoms with E-state index in [4.69, 9.17) is 9.47 Å². The van der Waals surface area contributed by atoms with Gasteiger partial charge in [-0.1, -0.05) is 42.1 Å². The van der Waals surface area contributed by atoms with Crippen LogP contribution in [0.5, 0.6) is 11.5 Å². The van der Waals surface area contributed by atoms with Crippen molar-refractivity contribution >= 4 is 44.7 Å². The molecule has 1 N–H and O–H groups in total. The average molecular weight is 478 g/mol. The van der Waals surface area contributed by atoms with Crippen molar-refractivity contribution in [1.29, 1.82) is 0 Å². The highest BCUT2D eigenvalue weighted by Gasteiger charge is 2.33. The van der Waals surface area contributed by atoms with E-state index in [1.54, 1.807) is 7.11 Å². The molecule has 7 nitrogen and oxygen atoms in total. The number of ether oxygens (including phenoxy) is 2. The molecule has 2 amide bonds. The van der Waals surface area contributed by atoms with Crippen molar-refractivity contribution in [3.63, 3.8) is 0 Å². The first kappa shape index (κ1) is 21.2. The maximum atomic E-state index is 12.1. The number of benzene rings is 2. The van der Waals surface area contributed by atoms with Crippen molar-refractivity contribution < 1.29 is 19.1 Å². The number of nitrogens with one attached hydrogen (secondary N) is 1. The molecule has 0 aliphatic carbocycles. The van der Waals surface area contributed by atoms with Gasteiger partial charge in [-0.05, 0) is 39.2 Å². The highest BCUT2D eigenvalue weighted by molar-refractivity contribution is 9.10. The van der Waals surface area contributed by atoms with Crippen LogP contribution >= 0.6 is 27.7 Å². The predicted octanol–water partition coefficient (Wildman–Crippen LogP) is 4.04. The maximum Gasteiger partial charge on any atom is 0.241 e. The molecule has 0 bridgehead atoms. The van der Waals surface area contributed by atoms with Crippen LogP contribution in [0.3, 0.4) is 0 Å². The molecule has 0 aromatic heterocycles. The molecule has 1 heterocycles. The third kappa shape index (κ3) is 5.10. The number of thioether (sulfide) groups is 1. The van der Waals surface area contributed by atoms with Gasteiger partial charge in [-0.15, -0.1) is 5.10 Å². The van der Waals surface area contributed by atoms with Gasteiger partial charge in [0.1, 0.15) is 12.0 Å². The lowest BCUT2D eigenvalue weighted by Gasteiger charge is -2.21. The highest BCUT2D eigenvalue weighted by atomic mass is 79.9. The fourth-order valence-electron chi connectivity index (χ4n) is 2.73. The number of halogens is 1. The molecule has 0 saturated heterocycles. The summed E-state index contributed by atoms with van der Waals surface area (Å²) < 4.78 is 12.2. The van der Waals surface area contributed by atoms with Gasteiger partial charge in [-0.25, -0.2) is 5.01 Å². The van der Waals surface area contributed by atoms with Gasteiger partial charge in [0, 0.05) is 13.8 Å². The van der Waals surface area contributed by atoms with Crippen LogP contribution in [0, 0.1) is 0 Å². The zero-order chi connectivity index (χ0) is 21.0. The standard InChI is InChI=1S/C20H20BrN3O4S/c1-12(25)22-20-23-24(13(2)26)19(29-20)15-9-16(21)18(17(10-15)27-3)28-11-14-7-5-4-6-8-14/h4-10,19H,11H2,1-3H3,(H,22,23,25). The molecule has 1 aliphatic heterocycles. The second kappa shape index (κ2) is 9.32. The summed E-state index contributed by atoms with van der Waals surface area (Å²) in [5, 5.41) is 8.12. The van der Waals surface area contributed by atoms with Crippen LogP contribution in [-0.2, 0) is 16.2 Å². The number of hydrogen-bond acceptors (Lipinski definition) is 6. The van der Waals surface area contributed by atoms with E-state index in [0.717, 1.165) is 11.1 Å². The molecular weight excluding hydrogens is 458 g/mol. The normalized spacial score (nSPS) is 15.7. The molecular formula is C20H20BrN3O4S. The first-order valence-corrected chi connectivity index (χ1v) is 10.4. The summed E-state index contributed by atoms with van der Waals surface area (Å²) >= 11 is 4.83. The van der Waals surface area contributed by atoms with E-state index < -0.39 is 5.37 Å². The Morgan fingerprint density at radius 1 is 1.24 bits per heavy atom. The Kier molecular flexibility index (Phi) is 6.81. The molecule has 0 saturated carbocycles. The van der Waals surface area contributed by atoms with E-state index in [2.05, 4.69) is 26.3 Å². The van der Waals surface area contributed by atoms with Crippen molar-refractivity contribution in [2.75, 3.05) is 7.11 Å². The molecule has 1 unspecified atom stereocenters. The van der Waals surface area contributed by atoms with Crippen molar-refractivity contribution in [1.82, 2.24) is 10.3 Å². The molecule has 3 rings (SSSR count). The van der Waals surface area contributed by atoms with Gasteiger partial charge < -0.3 is 14.8 Å². The summed E-state index contributed by atoms with van der Waals surface area (Å²) in [6, 6.07) is 13.5. The zero-order valence-corrected chi connectivity index (χ0v) is 18.5. The van der Waals surface area contributed by atoms with Crippen LogP contribution in [0.25, 0.3) is 0 Å². The first-order valence-electron chi connectivity index (χ1n) is 8.76. The Bertz CT molecular complexity index is 952. The number of hydrazone groups is 1. The minimum Gasteiger partial charge on any atom is -0.493 e. The third-order valence-electron chi connectivity index (χ3n) is 4.01. The van der Waals surface area contributed by atoms with E-state index in [9.17, 15) is 9.59 Å². The van der Waals surface area contributed by atoms with Gasteiger partial charge in [-0.2, -0.15) is 0 Å². The van der Waals surface area contributed by atoms with E-state index in [0.29, 0.717) is 27.7 Å². The molecule has 0 spiro atoms. The molecule has 29 heavy (non-hydrogen) atoms. The fourth-order valence-corrected chi connectivity index (χ4v) is 4.42. The Balaban J connectivity index is 1.86. The van der Waals surface area contributed by atoms with Crippen molar-refractivity contribution in [3.8, 4) is 11.5 Å². The number of rotatable bonds is 5. The molecule has 1 atom stereocenters. The monoisotopic (exact) mass is 477 g/mol. The van der Waals surface area contributed by atoms with E-state index >= 15 is 0 Å². The summed E-state index contributed by atoms with van der Waals surface area (Å²) in [5.41, 5.74) is 1.82. The number of methoxy groups -OCH3 is 1. The van der Waals surface area contributed by atoms with Crippen LogP contribution in [-0.4, -0.2) is 29.1 Å². The first-order chi connectivity index (χ1) is 13.9. The molecule has 0 fully saturated rings.